The quantitative estimate of drug-likeness (QED) is 0.858. The Hall–Kier alpha value is -1.59. The molecule has 3 rings (SSSR count). The summed E-state index contributed by atoms with van der Waals surface area (Å²) < 4.78 is 8.05. The van der Waals surface area contributed by atoms with Gasteiger partial charge in [0.25, 0.3) is 0 Å². The molecule has 0 radical (unpaired) electrons. The van der Waals surface area contributed by atoms with Crippen molar-refractivity contribution in [3.05, 3.63) is 40.1 Å². The van der Waals surface area contributed by atoms with E-state index in [9.17, 15) is 0 Å². The zero-order valence-electron chi connectivity index (χ0n) is 14.3. The average molecular weight is 331 g/mol. The van der Waals surface area contributed by atoms with Gasteiger partial charge >= 0.3 is 0 Å². The highest BCUT2D eigenvalue weighted by atomic mass is 32.1. The molecule has 0 spiro atoms. The van der Waals surface area contributed by atoms with Crippen molar-refractivity contribution in [1.29, 1.82) is 0 Å². The SMILES string of the molecule is CCn1c(C)csc1=Nc1ccc(N2C[C@@H](C)O[C@H](C)C2)cc1. The molecule has 5 heteroatoms. The number of thiazole rings is 1. The molecule has 1 aliphatic heterocycles. The number of hydrogen-bond acceptors (Lipinski definition) is 4. The minimum Gasteiger partial charge on any atom is -0.372 e. The van der Waals surface area contributed by atoms with Crippen molar-refractivity contribution in [2.45, 2.75) is 46.4 Å². The normalized spacial score (nSPS) is 22.6. The van der Waals surface area contributed by atoms with E-state index in [4.69, 9.17) is 9.73 Å². The fourth-order valence-electron chi connectivity index (χ4n) is 3.12. The van der Waals surface area contributed by atoms with E-state index in [0.29, 0.717) is 0 Å². The number of aromatic nitrogens is 1. The number of aryl methyl sites for hydroxylation is 1. The molecule has 2 atom stereocenters. The lowest BCUT2D eigenvalue weighted by atomic mass is 10.2. The van der Waals surface area contributed by atoms with Crippen LogP contribution in [0.1, 0.15) is 26.5 Å². The summed E-state index contributed by atoms with van der Waals surface area (Å²) in [4.78, 5) is 8.24. The molecular formula is C18H25N3OS. The van der Waals surface area contributed by atoms with Crippen molar-refractivity contribution in [2.24, 2.45) is 4.99 Å². The van der Waals surface area contributed by atoms with Gasteiger partial charge in [0.15, 0.2) is 4.80 Å². The number of ether oxygens (including phenoxy) is 1. The van der Waals surface area contributed by atoms with E-state index < -0.39 is 0 Å². The van der Waals surface area contributed by atoms with Gasteiger partial charge in [-0.05, 0) is 52.0 Å². The summed E-state index contributed by atoms with van der Waals surface area (Å²) in [6.45, 7) is 11.4. The monoisotopic (exact) mass is 331 g/mol. The molecule has 0 saturated carbocycles. The largest absolute Gasteiger partial charge is 0.372 e. The van der Waals surface area contributed by atoms with Crippen molar-refractivity contribution < 1.29 is 4.74 Å². The lowest BCUT2D eigenvalue weighted by Crippen LogP contribution is -2.45. The molecule has 2 heterocycles. The van der Waals surface area contributed by atoms with Crippen molar-refractivity contribution in [1.82, 2.24) is 4.57 Å². The van der Waals surface area contributed by atoms with Crippen LogP contribution in [0, 0.1) is 6.92 Å². The molecule has 1 fully saturated rings. The fraction of sp³-hybridized carbons (Fsp3) is 0.500. The second kappa shape index (κ2) is 6.89. The van der Waals surface area contributed by atoms with Crippen molar-refractivity contribution >= 4 is 22.7 Å². The number of morpholine rings is 1. The smallest absolute Gasteiger partial charge is 0.190 e. The van der Waals surface area contributed by atoms with E-state index in [0.717, 1.165) is 30.1 Å². The Morgan fingerprint density at radius 3 is 2.43 bits per heavy atom. The Labute approximate surface area is 142 Å². The summed E-state index contributed by atoms with van der Waals surface area (Å²) in [5, 5.41) is 2.16. The van der Waals surface area contributed by atoms with Gasteiger partial charge in [-0.25, -0.2) is 4.99 Å². The Morgan fingerprint density at radius 1 is 1.17 bits per heavy atom. The Kier molecular flexibility index (Phi) is 4.87. The summed E-state index contributed by atoms with van der Waals surface area (Å²) in [5.74, 6) is 0. The van der Waals surface area contributed by atoms with Gasteiger partial charge in [0, 0.05) is 36.4 Å². The highest BCUT2D eigenvalue weighted by molar-refractivity contribution is 7.07. The summed E-state index contributed by atoms with van der Waals surface area (Å²) in [7, 11) is 0. The van der Waals surface area contributed by atoms with Gasteiger partial charge in [0.05, 0.1) is 17.9 Å². The van der Waals surface area contributed by atoms with Crippen LogP contribution in [-0.4, -0.2) is 29.9 Å². The van der Waals surface area contributed by atoms with Crippen LogP contribution in [0.2, 0.25) is 0 Å². The summed E-state index contributed by atoms with van der Waals surface area (Å²) in [6.07, 6.45) is 0.557. The molecule has 1 aliphatic rings. The third-order valence-electron chi connectivity index (χ3n) is 4.17. The van der Waals surface area contributed by atoms with Gasteiger partial charge in [-0.3, -0.25) is 0 Å². The van der Waals surface area contributed by atoms with Crippen LogP contribution in [-0.2, 0) is 11.3 Å². The molecule has 0 bridgehead atoms. The summed E-state index contributed by atoms with van der Waals surface area (Å²) in [6, 6.07) is 8.55. The molecule has 23 heavy (non-hydrogen) atoms. The first-order valence-corrected chi connectivity index (χ1v) is 9.15. The van der Waals surface area contributed by atoms with Crippen LogP contribution in [0.4, 0.5) is 11.4 Å². The van der Waals surface area contributed by atoms with E-state index in [1.54, 1.807) is 11.3 Å². The lowest BCUT2D eigenvalue weighted by molar-refractivity contribution is -0.00521. The molecule has 0 N–H and O–H groups in total. The number of anilines is 1. The number of nitrogens with zero attached hydrogens (tertiary/aromatic N) is 3. The van der Waals surface area contributed by atoms with Gasteiger partial charge in [-0.15, -0.1) is 11.3 Å². The standard InChI is InChI=1S/C18H25N3OS/c1-5-21-13(2)12-23-18(21)19-16-6-8-17(9-7-16)20-10-14(3)22-15(4)11-20/h6-9,12,14-15H,5,10-11H2,1-4H3/t14-,15-/m1/s1. The van der Waals surface area contributed by atoms with Gasteiger partial charge in [-0.1, -0.05) is 0 Å². The first-order valence-electron chi connectivity index (χ1n) is 8.27. The molecule has 0 aliphatic carbocycles. The highest BCUT2D eigenvalue weighted by Crippen LogP contribution is 2.23. The van der Waals surface area contributed by atoms with Crippen LogP contribution in [0.3, 0.4) is 0 Å². The first kappa shape index (κ1) is 16.3. The summed E-state index contributed by atoms with van der Waals surface area (Å²) in [5.41, 5.74) is 3.52. The Morgan fingerprint density at radius 2 is 1.83 bits per heavy atom. The summed E-state index contributed by atoms with van der Waals surface area (Å²) >= 11 is 1.70. The second-order valence-corrected chi connectivity index (χ2v) is 7.03. The van der Waals surface area contributed by atoms with Crippen molar-refractivity contribution in [3.8, 4) is 0 Å². The molecular weight excluding hydrogens is 306 g/mol. The number of benzene rings is 1. The predicted octanol–water partition coefficient (Wildman–Crippen LogP) is 3.72. The van der Waals surface area contributed by atoms with Crippen LogP contribution in [0.25, 0.3) is 0 Å². The first-order chi connectivity index (χ1) is 11.1. The number of hydrogen-bond donors (Lipinski definition) is 0. The van der Waals surface area contributed by atoms with E-state index in [-0.39, 0.29) is 12.2 Å². The Bertz CT molecular complexity index is 707. The van der Waals surface area contributed by atoms with Crippen molar-refractivity contribution in [3.63, 3.8) is 0 Å². The maximum atomic E-state index is 5.81. The second-order valence-electron chi connectivity index (χ2n) is 6.19. The van der Waals surface area contributed by atoms with Crippen molar-refractivity contribution in [2.75, 3.05) is 18.0 Å². The molecule has 1 aromatic heterocycles. The number of rotatable bonds is 3. The maximum Gasteiger partial charge on any atom is 0.190 e. The highest BCUT2D eigenvalue weighted by Gasteiger charge is 2.22. The molecule has 1 aromatic carbocycles. The third-order valence-corrected chi connectivity index (χ3v) is 5.15. The zero-order valence-corrected chi connectivity index (χ0v) is 15.1. The minimum atomic E-state index is 0.278. The molecule has 2 aromatic rings. The van der Waals surface area contributed by atoms with Gasteiger partial charge in [0.1, 0.15) is 0 Å². The minimum absolute atomic E-state index is 0.278. The predicted molar refractivity (Wildman–Crippen MR) is 96.6 cm³/mol. The molecule has 0 unspecified atom stereocenters. The average Bonchev–Trinajstić information content (AvgIpc) is 2.87. The van der Waals surface area contributed by atoms with E-state index in [2.05, 4.69) is 66.8 Å². The molecule has 4 nitrogen and oxygen atoms in total. The zero-order chi connectivity index (χ0) is 16.4. The molecule has 0 amide bonds. The van der Waals surface area contributed by atoms with Crippen LogP contribution >= 0.6 is 11.3 Å². The molecule has 124 valence electrons. The van der Waals surface area contributed by atoms with Gasteiger partial charge < -0.3 is 14.2 Å². The van der Waals surface area contributed by atoms with Gasteiger partial charge in [-0.2, -0.15) is 0 Å². The third kappa shape index (κ3) is 3.67. The fourth-order valence-corrected chi connectivity index (χ4v) is 4.09. The van der Waals surface area contributed by atoms with Crippen LogP contribution < -0.4 is 9.70 Å². The van der Waals surface area contributed by atoms with Gasteiger partial charge in [0.2, 0.25) is 0 Å². The van der Waals surface area contributed by atoms with E-state index in [1.807, 2.05) is 0 Å². The lowest BCUT2D eigenvalue weighted by Gasteiger charge is -2.36. The van der Waals surface area contributed by atoms with E-state index in [1.165, 1.54) is 11.4 Å². The topological polar surface area (TPSA) is 29.8 Å². The maximum absolute atomic E-state index is 5.81. The van der Waals surface area contributed by atoms with Crippen LogP contribution in [0.15, 0.2) is 34.6 Å². The van der Waals surface area contributed by atoms with E-state index >= 15 is 0 Å². The van der Waals surface area contributed by atoms with Crippen LogP contribution in [0.5, 0.6) is 0 Å². The molecule has 1 saturated heterocycles. The Balaban J connectivity index is 1.82.